The van der Waals surface area contributed by atoms with Crippen LogP contribution in [-0.2, 0) is 0 Å². The van der Waals surface area contributed by atoms with Crippen LogP contribution >= 0.6 is 0 Å². The highest BCUT2D eigenvalue weighted by molar-refractivity contribution is 5.99. The van der Waals surface area contributed by atoms with Gasteiger partial charge in [-0.25, -0.2) is 0 Å². The summed E-state index contributed by atoms with van der Waals surface area (Å²) in [4.78, 5) is 11.9. The van der Waals surface area contributed by atoms with Crippen LogP contribution in [0.2, 0.25) is 0 Å². The van der Waals surface area contributed by atoms with Crippen LogP contribution < -0.4 is 14.8 Å². The number of nitrogens with one attached hydrogen (secondary N) is 1. The molecule has 0 heterocycles. The normalized spacial score (nSPS) is 11.8. The first-order chi connectivity index (χ1) is 8.10. The lowest BCUT2D eigenvalue weighted by Crippen LogP contribution is -2.31. The largest absolute Gasteiger partial charge is 0.496 e. The number of methoxy groups -OCH3 is 2. The summed E-state index contributed by atoms with van der Waals surface area (Å²) in [6.45, 7) is 1.78. The molecule has 0 aliphatic heterocycles. The standard InChI is InChI=1S/C12H17NO4/c1-8(14)7-13-12(15)11-9(16-2)5-4-6-10(11)17-3/h4-6,8,14H,7H2,1-3H3,(H,13,15)/t8-/m0/s1. The molecule has 1 rings (SSSR count). The summed E-state index contributed by atoms with van der Waals surface area (Å²) in [6, 6.07) is 5.10. The molecule has 0 bridgehead atoms. The number of hydrogen-bond acceptors (Lipinski definition) is 4. The molecule has 0 aliphatic rings. The Hall–Kier alpha value is -1.75. The van der Waals surface area contributed by atoms with Crippen molar-refractivity contribution in [1.29, 1.82) is 0 Å². The lowest BCUT2D eigenvalue weighted by molar-refractivity contribution is 0.0918. The maximum Gasteiger partial charge on any atom is 0.258 e. The molecule has 5 nitrogen and oxygen atoms in total. The molecule has 0 aromatic heterocycles. The summed E-state index contributed by atoms with van der Waals surface area (Å²) in [5.74, 6) is 0.542. The minimum absolute atomic E-state index is 0.181. The van der Waals surface area contributed by atoms with Crippen LogP contribution in [0.4, 0.5) is 0 Å². The molecule has 1 amide bonds. The average Bonchev–Trinajstić information content (AvgIpc) is 2.34. The Balaban J connectivity index is 2.97. The first-order valence-electron chi connectivity index (χ1n) is 5.27. The Morgan fingerprint density at radius 2 is 1.88 bits per heavy atom. The number of aliphatic hydroxyl groups is 1. The maximum atomic E-state index is 11.9. The summed E-state index contributed by atoms with van der Waals surface area (Å²) < 4.78 is 10.2. The number of aliphatic hydroxyl groups excluding tert-OH is 1. The molecule has 0 radical (unpaired) electrons. The van der Waals surface area contributed by atoms with Crippen molar-refractivity contribution in [2.75, 3.05) is 20.8 Å². The van der Waals surface area contributed by atoms with Gasteiger partial charge >= 0.3 is 0 Å². The quantitative estimate of drug-likeness (QED) is 0.798. The zero-order chi connectivity index (χ0) is 12.8. The molecule has 2 N–H and O–H groups in total. The summed E-state index contributed by atoms with van der Waals surface area (Å²) in [5, 5.41) is 11.7. The third-order valence-corrected chi connectivity index (χ3v) is 2.21. The smallest absolute Gasteiger partial charge is 0.258 e. The van der Waals surface area contributed by atoms with E-state index in [1.165, 1.54) is 14.2 Å². The van der Waals surface area contributed by atoms with E-state index in [1.807, 2.05) is 0 Å². The monoisotopic (exact) mass is 239 g/mol. The van der Waals surface area contributed by atoms with Crippen molar-refractivity contribution >= 4 is 5.91 Å². The minimum atomic E-state index is -0.598. The third kappa shape index (κ3) is 3.35. The number of carbonyl (C=O) groups excluding carboxylic acids is 1. The lowest BCUT2D eigenvalue weighted by Gasteiger charge is -2.13. The fourth-order valence-corrected chi connectivity index (χ4v) is 1.40. The lowest BCUT2D eigenvalue weighted by atomic mass is 10.1. The van der Waals surface area contributed by atoms with Crippen LogP contribution in [-0.4, -0.2) is 37.9 Å². The van der Waals surface area contributed by atoms with Gasteiger partial charge in [0.15, 0.2) is 0 Å². The van der Waals surface area contributed by atoms with E-state index < -0.39 is 6.10 Å². The second kappa shape index (κ2) is 6.10. The zero-order valence-electron chi connectivity index (χ0n) is 10.2. The van der Waals surface area contributed by atoms with E-state index in [2.05, 4.69) is 5.32 Å². The summed E-state index contributed by atoms with van der Waals surface area (Å²) >= 11 is 0. The molecule has 1 aromatic carbocycles. The summed E-state index contributed by atoms with van der Waals surface area (Å²) in [7, 11) is 2.97. The summed E-state index contributed by atoms with van der Waals surface area (Å²) in [6.07, 6.45) is -0.598. The number of ether oxygens (including phenoxy) is 2. The van der Waals surface area contributed by atoms with Crippen molar-refractivity contribution in [3.63, 3.8) is 0 Å². The van der Waals surface area contributed by atoms with Crippen molar-refractivity contribution in [1.82, 2.24) is 5.32 Å². The number of amides is 1. The second-order valence-corrected chi connectivity index (χ2v) is 3.60. The molecule has 0 spiro atoms. The van der Waals surface area contributed by atoms with Gasteiger partial charge in [-0.3, -0.25) is 4.79 Å². The van der Waals surface area contributed by atoms with Crippen molar-refractivity contribution in [3.8, 4) is 11.5 Å². The van der Waals surface area contributed by atoms with Crippen molar-refractivity contribution in [2.45, 2.75) is 13.0 Å². The van der Waals surface area contributed by atoms with Crippen LogP contribution in [0.25, 0.3) is 0 Å². The predicted molar refractivity (Wildman–Crippen MR) is 63.6 cm³/mol. The van der Waals surface area contributed by atoms with Gasteiger partial charge in [-0.05, 0) is 19.1 Å². The van der Waals surface area contributed by atoms with E-state index in [9.17, 15) is 4.79 Å². The van der Waals surface area contributed by atoms with Crippen LogP contribution in [0, 0.1) is 0 Å². The van der Waals surface area contributed by atoms with Crippen molar-refractivity contribution < 1.29 is 19.4 Å². The molecular formula is C12H17NO4. The van der Waals surface area contributed by atoms with E-state index in [1.54, 1.807) is 25.1 Å². The topological polar surface area (TPSA) is 67.8 Å². The van der Waals surface area contributed by atoms with E-state index in [-0.39, 0.29) is 12.5 Å². The van der Waals surface area contributed by atoms with Gasteiger partial charge in [0.1, 0.15) is 17.1 Å². The van der Waals surface area contributed by atoms with Gasteiger partial charge in [0.2, 0.25) is 0 Å². The van der Waals surface area contributed by atoms with Crippen LogP contribution in [0.3, 0.4) is 0 Å². The number of carbonyl (C=O) groups is 1. The van der Waals surface area contributed by atoms with E-state index in [0.29, 0.717) is 17.1 Å². The van der Waals surface area contributed by atoms with Crippen LogP contribution in [0.1, 0.15) is 17.3 Å². The number of benzene rings is 1. The molecule has 17 heavy (non-hydrogen) atoms. The van der Waals surface area contributed by atoms with Crippen LogP contribution in [0.15, 0.2) is 18.2 Å². The van der Waals surface area contributed by atoms with E-state index in [4.69, 9.17) is 14.6 Å². The fraction of sp³-hybridized carbons (Fsp3) is 0.417. The first kappa shape index (κ1) is 13.3. The fourth-order valence-electron chi connectivity index (χ4n) is 1.40. The van der Waals surface area contributed by atoms with Crippen molar-refractivity contribution in [2.24, 2.45) is 0 Å². The Morgan fingerprint density at radius 3 is 2.29 bits per heavy atom. The van der Waals surface area contributed by atoms with E-state index >= 15 is 0 Å². The Bertz CT molecular complexity index is 368. The zero-order valence-corrected chi connectivity index (χ0v) is 10.2. The predicted octanol–water partition coefficient (Wildman–Crippen LogP) is 0.814. The van der Waals surface area contributed by atoms with Crippen molar-refractivity contribution in [3.05, 3.63) is 23.8 Å². The van der Waals surface area contributed by atoms with Crippen LogP contribution in [0.5, 0.6) is 11.5 Å². The molecule has 0 saturated carbocycles. The SMILES string of the molecule is COc1cccc(OC)c1C(=O)NC[C@H](C)O. The molecule has 1 aromatic rings. The van der Waals surface area contributed by atoms with Gasteiger partial charge < -0.3 is 19.9 Å². The van der Waals surface area contributed by atoms with E-state index in [0.717, 1.165) is 0 Å². The molecule has 1 atom stereocenters. The van der Waals surface area contributed by atoms with Gasteiger partial charge in [0.05, 0.1) is 20.3 Å². The molecule has 94 valence electrons. The highest BCUT2D eigenvalue weighted by Crippen LogP contribution is 2.27. The highest BCUT2D eigenvalue weighted by Gasteiger charge is 2.17. The third-order valence-electron chi connectivity index (χ3n) is 2.21. The summed E-state index contributed by atoms with van der Waals surface area (Å²) in [5.41, 5.74) is 0.332. The molecule has 0 unspecified atom stereocenters. The molecule has 5 heteroatoms. The van der Waals surface area contributed by atoms with Gasteiger partial charge in [-0.1, -0.05) is 6.07 Å². The Morgan fingerprint density at radius 1 is 1.35 bits per heavy atom. The van der Waals surface area contributed by atoms with Gasteiger partial charge in [0, 0.05) is 6.54 Å². The molecule has 0 aliphatic carbocycles. The average molecular weight is 239 g/mol. The number of hydrogen-bond donors (Lipinski definition) is 2. The molecular weight excluding hydrogens is 222 g/mol. The molecule has 0 fully saturated rings. The molecule has 0 saturated heterocycles. The second-order valence-electron chi connectivity index (χ2n) is 3.60. The maximum absolute atomic E-state index is 11.9. The Kier molecular flexibility index (Phi) is 4.78. The first-order valence-corrected chi connectivity index (χ1v) is 5.27. The Labute approximate surface area is 100 Å². The highest BCUT2D eigenvalue weighted by atomic mass is 16.5. The van der Waals surface area contributed by atoms with Gasteiger partial charge in [-0.2, -0.15) is 0 Å². The van der Waals surface area contributed by atoms with Gasteiger partial charge in [-0.15, -0.1) is 0 Å². The minimum Gasteiger partial charge on any atom is -0.496 e. The number of rotatable bonds is 5. The van der Waals surface area contributed by atoms with Gasteiger partial charge in [0.25, 0.3) is 5.91 Å².